The first-order valence-electron chi connectivity index (χ1n) is 5.86. The lowest BCUT2D eigenvalue weighted by Crippen LogP contribution is -2.38. The van der Waals surface area contributed by atoms with Crippen LogP contribution < -0.4 is 5.32 Å². The van der Waals surface area contributed by atoms with Gasteiger partial charge in [-0.1, -0.05) is 0 Å². The predicted molar refractivity (Wildman–Crippen MR) is 66.1 cm³/mol. The van der Waals surface area contributed by atoms with E-state index in [1.807, 2.05) is 13.0 Å². The molecule has 18 heavy (non-hydrogen) atoms. The van der Waals surface area contributed by atoms with E-state index < -0.39 is 11.4 Å². The summed E-state index contributed by atoms with van der Waals surface area (Å²) in [6.45, 7) is 4.92. The van der Waals surface area contributed by atoms with Gasteiger partial charge in [-0.25, -0.2) is 0 Å². The molecule has 0 saturated heterocycles. The molecule has 0 saturated carbocycles. The van der Waals surface area contributed by atoms with Gasteiger partial charge in [0.2, 0.25) is 5.91 Å². The van der Waals surface area contributed by atoms with E-state index in [9.17, 15) is 9.59 Å². The second-order valence-corrected chi connectivity index (χ2v) is 5.12. The summed E-state index contributed by atoms with van der Waals surface area (Å²) in [4.78, 5) is 22.6. The van der Waals surface area contributed by atoms with Gasteiger partial charge in [-0.05, 0) is 32.9 Å². The number of carbonyl (C=O) groups excluding carboxylic acids is 1. The van der Waals surface area contributed by atoms with E-state index in [0.717, 1.165) is 5.76 Å². The molecule has 1 atom stereocenters. The number of hydrogen-bond acceptors (Lipinski definition) is 3. The number of carboxylic acid groups (broad SMARTS) is 1. The Kier molecular flexibility index (Phi) is 4.53. The van der Waals surface area contributed by atoms with Crippen molar-refractivity contribution in [1.82, 2.24) is 5.32 Å². The highest BCUT2D eigenvalue weighted by Crippen LogP contribution is 2.20. The fourth-order valence-electron chi connectivity index (χ4n) is 1.58. The molecule has 5 nitrogen and oxygen atoms in total. The van der Waals surface area contributed by atoms with Crippen molar-refractivity contribution < 1.29 is 19.1 Å². The van der Waals surface area contributed by atoms with Gasteiger partial charge in [0.15, 0.2) is 0 Å². The molecule has 5 heteroatoms. The third-order valence-electron chi connectivity index (χ3n) is 2.68. The highest BCUT2D eigenvalue weighted by Gasteiger charge is 2.30. The molecule has 100 valence electrons. The molecule has 1 aromatic heterocycles. The molecule has 2 N–H and O–H groups in total. The molecule has 0 aliphatic heterocycles. The monoisotopic (exact) mass is 253 g/mol. The van der Waals surface area contributed by atoms with Crippen molar-refractivity contribution >= 4 is 11.9 Å². The van der Waals surface area contributed by atoms with Crippen LogP contribution in [0.3, 0.4) is 0 Å². The number of carboxylic acids is 1. The smallest absolute Gasteiger partial charge is 0.309 e. The van der Waals surface area contributed by atoms with Crippen LogP contribution in [0.4, 0.5) is 0 Å². The molecule has 0 aromatic carbocycles. The lowest BCUT2D eigenvalue weighted by Gasteiger charge is -2.20. The lowest BCUT2D eigenvalue weighted by molar-refractivity contribution is -0.149. The van der Waals surface area contributed by atoms with Gasteiger partial charge in [0.05, 0.1) is 11.7 Å². The van der Waals surface area contributed by atoms with Crippen molar-refractivity contribution in [3.05, 3.63) is 24.2 Å². The summed E-state index contributed by atoms with van der Waals surface area (Å²) < 4.78 is 5.18. The average Bonchev–Trinajstić information content (AvgIpc) is 2.68. The number of carbonyl (C=O) groups is 2. The summed E-state index contributed by atoms with van der Waals surface area (Å²) in [5.41, 5.74) is -1.05. The van der Waals surface area contributed by atoms with Crippen LogP contribution in [0.1, 0.15) is 33.0 Å². The minimum Gasteiger partial charge on any atom is -0.481 e. The molecule has 1 amide bonds. The average molecular weight is 253 g/mol. The van der Waals surface area contributed by atoms with Gasteiger partial charge >= 0.3 is 5.97 Å². The van der Waals surface area contributed by atoms with Gasteiger partial charge in [0.1, 0.15) is 5.76 Å². The first kappa shape index (κ1) is 14.3. The first-order chi connectivity index (χ1) is 8.31. The largest absolute Gasteiger partial charge is 0.481 e. The Hall–Kier alpha value is -1.78. The van der Waals surface area contributed by atoms with E-state index in [-0.39, 0.29) is 18.4 Å². The van der Waals surface area contributed by atoms with Crippen LogP contribution in [0, 0.1) is 5.41 Å². The van der Waals surface area contributed by atoms with Crippen molar-refractivity contribution in [3.8, 4) is 0 Å². The van der Waals surface area contributed by atoms with Gasteiger partial charge in [-0.2, -0.15) is 0 Å². The zero-order chi connectivity index (χ0) is 13.8. The Morgan fingerprint density at radius 2 is 2.17 bits per heavy atom. The van der Waals surface area contributed by atoms with E-state index >= 15 is 0 Å². The van der Waals surface area contributed by atoms with Crippen molar-refractivity contribution in [2.45, 2.75) is 39.7 Å². The van der Waals surface area contributed by atoms with Gasteiger partial charge in [-0.3, -0.25) is 9.59 Å². The number of aliphatic carboxylic acids is 1. The molecule has 1 aromatic rings. The SMILES string of the molecule is CC(Cc1ccco1)NC(=O)CC(C)(C)C(=O)O. The first-order valence-corrected chi connectivity index (χ1v) is 5.86. The maximum absolute atomic E-state index is 11.7. The van der Waals surface area contributed by atoms with Crippen LogP contribution in [0.5, 0.6) is 0 Å². The fraction of sp³-hybridized carbons (Fsp3) is 0.538. The Morgan fingerprint density at radius 1 is 1.50 bits per heavy atom. The molecule has 1 rings (SSSR count). The molecule has 1 unspecified atom stereocenters. The van der Waals surface area contributed by atoms with Crippen LogP contribution in [-0.4, -0.2) is 23.0 Å². The number of hydrogen-bond donors (Lipinski definition) is 2. The second kappa shape index (κ2) is 5.71. The highest BCUT2D eigenvalue weighted by atomic mass is 16.4. The predicted octanol–water partition coefficient (Wildman–Crippen LogP) is 1.83. The zero-order valence-electron chi connectivity index (χ0n) is 10.9. The van der Waals surface area contributed by atoms with Crippen molar-refractivity contribution in [3.63, 3.8) is 0 Å². The van der Waals surface area contributed by atoms with Crippen LogP contribution in [0.2, 0.25) is 0 Å². The summed E-state index contributed by atoms with van der Waals surface area (Å²) in [5.74, 6) is -0.446. The van der Waals surface area contributed by atoms with E-state index in [1.54, 1.807) is 12.3 Å². The van der Waals surface area contributed by atoms with E-state index in [2.05, 4.69) is 5.32 Å². The Morgan fingerprint density at radius 3 is 2.67 bits per heavy atom. The Bertz CT molecular complexity index is 409. The minimum atomic E-state index is -1.05. The molecule has 0 fully saturated rings. The summed E-state index contributed by atoms with van der Waals surface area (Å²) in [7, 11) is 0. The van der Waals surface area contributed by atoms with E-state index in [0.29, 0.717) is 6.42 Å². The molecule has 1 heterocycles. The summed E-state index contributed by atoms with van der Waals surface area (Å²) in [6.07, 6.45) is 2.13. The van der Waals surface area contributed by atoms with Gasteiger partial charge < -0.3 is 14.8 Å². The number of rotatable bonds is 6. The van der Waals surface area contributed by atoms with Crippen molar-refractivity contribution in [1.29, 1.82) is 0 Å². The number of amides is 1. The molecule has 0 bridgehead atoms. The maximum atomic E-state index is 11.7. The van der Waals surface area contributed by atoms with Gasteiger partial charge in [-0.15, -0.1) is 0 Å². The maximum Gasteiger partial charge on any atom is 0.309 e. The third kappa shape index (κ3) is 4.24. The molecule has 0 radical (unpaired) electrons. The Balaban J connectivity index is 2.43. The fourth-order valence-corrected chi connectivity index (χ4v) is 1.58. The zero-order valence-corrected chi connectivity index (χ0v) is 10.9. The molecular formula is C13H19NO4. The van der Waals surface area contributed by atoms with Crippen molar-refractivity contribution in [2.24, 2.45) is 5.41 Å². The van der Waals surface area contributed by atoms with Crippen LogP contribution in [0.25, 0.3) is 0 Å². The van der Waals surface area contributed by atoms with Gasteiger partial charge in [0.25, 0.3) is 0 Å². The quantitative estimate of drug-likeness (QED) is 0.810. The van der Waals surface area contributed by atoms with Crippen LogP contribution in [0.15, 0.2) is 22.8 Å². The second-order valence-electron chi connectivity index (χ2n) is 5.12. The van der Waals surface area contributed by atoms with Gasteiger partial charge in [0, 0.05) is 18.9 Å². The minimum absolute atomic E-state index is 0.0369. The number of nitrogens with one attached hydrogen (secondary N) is 1. The van der Waals surface area contributed by atoms with E-state index in [4.69, 9.17) is 9.52 Å². The lowest BCUT2D eigenvalue weighted by atomic mass is 9.89. The normalized spacial score (nSPS) is 13.1. The van der Waals surface area contributed by atoms with Crippen molar-refractivity contribution in [2.75, 3.05) is 0 Å². The number of furan rings is 1. The molecule has 0 aliphatic carbocycles. The topological polar surface area (TPSA) is 79.5 Å². The standard InChI is InChI=1S/C13H19NO4/c1-9(7-10-5-4-6-18-10)14-11(15)8-13(2,3)12(16)17/h4-6,9H,7-8H2,1-3H3,(H,14,15)(H,16,17). The van der Waals surface area contributed by atoms with Crippen LogP contribution in [-0.2, 0) is 16.0 Å². The third-order valence-corrected chi connectivity index (χ3v) is 2.68. The van der Waals surface area contributed by atoms with Crippen LogP contribution >= 0.6 is 0 Å². The van der Waals surface area contributed by atoms with E-state index in [1.165, 1.54) is 13.8 Å². The highest BCUT2D eigenvalue weighted by molar-refractivity contribution is 5.84. The molecule has 0 spiro atoms. The summed E-state index contributed by atoms with van der Waals surface area (Å²) in [6, 6.07) is 3.54. The summed E-state index contributed by atoms with van der Waals surface area (Å²) >= 11 is 0. The molecule has 0 aliphatic rings. The summed E-state index contributed by atoms with van der Waals surface area (Å²) in [5, 5.41) is 11.7. The molecular weight excluding hydrogens is 234 g/mol. The Labute approximate surface area is 106 Å².